The smallest absolute Gasteiger partial charge is 0.339 e. The molecule has 0 N–H and O–H groups in total. The molecule has 0 aromatic heterocycles. The minimum Gasteiger partial charge on any atom is -0.339 e. The largest absolute Gasteiger partial charge is 0.419 e. The summed E-state index contributed by atoms with van der Waals surface area (Å²) in [5, 5.41) is 0. The third-order valence-electron chi connectivity index (χ3n) is 7.13. The predicted molar refractivity (Wildman–Crippen MR) is 146 cm³/mol. The first-order valence-electron chi connectivity index (χ1n) is 15.0. The van der Waals surface area contributed by atoms with Crippen molar-refractivity contribution >= 4 is 5.91 Å². The van der Waals surface area contributed by atoms with E-state index in [0.717, 1.165) is 50.7 Å². The molecule has 1 amide bonds. The van der Waals surface area contributed by atoms with Crippen LogP contribution < -0.4 is 0 Å². The zero-order valence-corrected chi connectivity index (χ0v) is 23.4. The Bertz CT molecular complexity index is 720. The first-order valence-corrected chi connectivity index (χ1v) is 15.0. The number of alkyl halides is 3. The van der Waals surface area contributed by atoms with Gasteiger partial charge in [0.1, 0.15) is 5.82 Å². The molecule has 0 aliphatic rings. The van der Waals surface area contributed by atoms with E-state index in [1.807, 2.05) is 6.92 Å². The molecule has 0 aliphatic heterocycles. The Morgan fingerprint density at radius 3 is 1.46 bits per heavy atom. The van der Waals surface area contributed by atoms with Gasteiger partial charge in [-0.3, -0.25) is 4.79 Å². The Hall–Kier alpha value is -1.59. The summed E-state index contributed by atoms with van der Waals surface area (Å²) in [7, 11) is 0. The molecule has 2 nitrogen and oxygen atoms in total. The maximum atomic E-state index is 14.5. The highest BCUT2D eigenvalue weighted by molar-refractivity contribution is 5.94. The Morgan fingerprint density at radius 1 is 0.649 bits per heavy atom. The molecule has 0 unspecified atom stereocenters. The van der Waals surface area contributed by atoms with Gasteiger partial charge in [0.2, 0.25) is 0 Å². The van der Waals surface area contributed by atoms with Crippen molar-refractivity contribution in [2.75, 3.05) is 13.1 Å². The number of unbranched alkanes of at least 4 members (excludes halogenated alkanes) is 17. The van der Waals surface area contributed by atoms with Gasteiger partial charge in [0, 0.05) is 13.1 Å². The van der Waals surface area contributed by atoms with Crippen LogP contribution in [0.2, 0.25) is 0 Å². The van der Waals surface area contributed by atoms with Crippen LogP contribution in [0.4, 0.5) is 17.6 Å². The minimum absolute atomic E-state index is 0.446. The third kappa shape index (κ3) is 14.8. The molecule has 0 atom stereocenters. The van der Waals surface area contributed by atoms with E-state index < -0.39 is 29.0 Å². The van der Waals surface area contributed by atoms with Crippen molar-refractivity contribution in [3.8, 4) is 0 Å². The number of benzene rings is 1. The summed E-state index contributed by atoms with van der Waals surface area (Å²) in [6.07, 6.45) is 17.9. The average molecular weight is 530 g/mol. The van der Waals surface area contributed by atoms with E-state index in [4.69, 9.17) is 0 Å². The fraction of sp³-hybridized carbons (Fsp3) is 0.774. The van der Waals surface area contributed by atoms with Crippen molar-refractivity contribution in [1.29, 1.82) is 0 Å². The fourth-order valence-corrected chi connectivity index (χ4v) is 4.80. The van der Waals surface area contributed by atoms with Gasteiger partial charge in [-0.15, -0.1) is 0 Å². The van der Waals surface area contributed by atoms with E-state index in [1.165, 1.54) is 88.4 Å². The van der Waals surface area contributed by atoms with Gasteiger partial charge in [0.05, 0.1) is 11.1 Å². The number of nitrogens with zero attached hydrogens (tertiary/aromatic N) is 1. The maximum absolute atomic E-state index is 14.5. The molecule has 0 bridgehead atoms. The van der Waals surface area contributed by atoms with Crippen molar-refractivity contribution in [2.24, 2.45) is 0 Å². The monoisotopic (exact) mass is 529 g/mol. The van der Waals surface area contributed by atoms with E-state index in [2.05, 4.69) is 6.92 Å². The normalized spacial score (nSPS) is 11.7. The van der Waals surface area contributed by atoms with E-state index in [9.17, 15) is 22.4 Å². The highest BCUT2D eigenvalue weighted by Crippen LogP contribution is 2.32. The maximum Gasteiger partial charge on any atom is 0.419 e. The Labute approximate surface area is 223 Å². The Kier molecular flexibility index (Phi) is 18.4. The summed E-state index contributed by atoms with van der Waals surface area (Å²) >= 11 is 0. The van der Waals surface area contributed by atoms with Crippen molar-refractivity contribution in [1.82, 2.24) is 4.90 Å². The number of hydrogen-bond acceptors (Lipinski definition) is 1. The molecule has 37 heavy (non-hydrogen) atoms. The SMILES string of the molecule is CCCCCCCCCCCCCCCCCCN(CCCCC)C(=O)c1cccc(C(F)(F)F)c1F. The van der Waals surface area contributed by atoms with Gasteiger partial charge < -0.3 is 4.90 Å². The van der Waals surface area contributed by atoms with E-state index in [0.29, 0.717) is 19.2 Å². The number of rotatable bonds is 22. The lowest BCUT2D eigenvalue weighted by Crippen LogP contribution is -2.34. The van der Waals surface area contributed by atoms with Gasteiger partial charge in [-0.05, 0) is 25.0 Å². The van der Waals surface area contributed by atoms with Crippen LogP contribution in [0.15, 0.2) is 18.2 Å². The Morgan fingerprint density at radius 2 is 1.03 bits per heavy atom. The average Bonchev–Trinajstić information content (AvgIpc) is 2.86. The molecule has 0 radical (unpaired) electrons. The summed E-state index contributed by atoms with van der Waals surface area (Å²) in [5.41, 5.74) is -1.86. The highest BCUT2D eigenvalue weighted by atomic mass is 19.4. The van der Waals surface area contributed by atoms with Crippen molar-refractivity contribution in [3.63, 3.8) is 0 Å². The van der Waals surface area contributed by atoms with Gasteiger partial charge in [-0.1, -0.05) is 129 Å². The first kappa shape index (κ1) is 33.4. The van der Waals surface area contributed by atoms with Crippen molar-refractivity contribution < 1.29 is 22.4 Å². The molecule has 1 aromatic carbocycles. The first-order chi connectivity index (χ1) is 17.8. The summed E-state index contributed by atoms with van der Waals surface area (Å²) < 4.78 is 53.8. The molecule has 1 rings (SSSR count). The van der Waals surface area contributed by atoms with Gasteiger partial charge in [-0.25, -0.2) is 4.39 Å². The predicted octanol–water partition coefficient (Wildman–Crippen LogP) is 10.7. The van der Waals surface area contributed by atoms with Gasteiger partial charge in [-0.2, -0.15) is 13.2 Å². The second-order valence-corrected chi connectivity index (χ2v) is 10.5. The number of carbonyl (C=O) groups is 1. The topological polar surface area (TPSA) is 20.3 Å². The van der Waals surface area contributed by atoms with Crippen molar-refractivity contribution in [2.45, 2.75) is 142 Å². The lowest BCUT2D eigenvalue weighted by molar-refractivity contribution is -0.140. The number of halogens is 4. The molecule has 0 heterocycles. The fourth-order valence-electron chi connectivity index (χ4n) is 4.80. The number of carbonyl (C=O) groups excluding carboxylic acids is 1. The van der Waals surface area contributed by atoms with E-state index >= 15 is 0 Å². The number of hydrogen-bond donors (Lipinski definition) is 0. The van der Waals surface area contributed by atoms with Crippen LogP contribution in [0.5, 0.6) is 0 Å². The van der Waals surface area contributed by atoms with Crippen LogP contribution >= 0.6 is 0 Å². The Balaban J connectivity index is 2.29. The standard InChI is InChI=1S/C31H51F4NO/c1-3-5-7-8-9-10-11-12-13-14-15-16-17-18-19-21-26-36(25-20-6-4-2)30(37)27-23-22-24-28(29(27)32)31(33,34)35/h22-24H,3-21,25-26H2,1-2H3. The van der Waals surface area contributed by atoms with Crippen LogP contribution in [-0.4, -0.2) is 23.9 Å². The van der Waals surface area contributed by atoms with E-state index in [-0.39, 0.29) is 0 Å². The molecule has 0 saturated heterocycles. The molecule has 0 fully saturated rings. The molecular weight excluding hydrogens is 478 g/mol. The van der Waals surface area contributed by atoms with Crippen LogP contribution in [0.25, 0.3) is 0 Å². The highest BCUT2D eigenvalue weighted by Gasteiger charge is 2.36. The zero-order chi connectivity index (χ0) is 27.4. The zero-order valence-electron chi connectivity index (χ0n) is 23.4. The number of amides is 1. The van der Waals surface area contributed by atoms with Gasteiger partial charge in [0.15, 0.2) is 0 Å². The molecule has 0 spiro atoms. The minimum atomic E-state index is -4.82. The second-order valence-electron chi connectivity index (χ2n) is 10.5. The molecular formula is C31H51F4NO. The molecule has 214 valence electrons. The lowest BCUT2D eigenvalue weighted by Gasteiger charge is -2.23. The van der Waals surface area contributed by atoms with Gasteiger partial charge >= 0.3 is 6.18 Å². The third-order valence-corrected chi connectivity index (χ3v) is 7.13. The van der Waals surface area contributed by atoms with Crippen LogP contribution in [0, 0.1) is 5.82 Å². The summed E-state index contributed by atoms with van der Waals surface area (Å²) in [5.74, 6) is -2.10. The van der Waals surface area contributed by atoms with Crippen LogP contribution in [-0.2, 0) is 6.18 Å². The molecule has 0 saturated carbocycles. The van der Waals surface area contributed by atoms with Gasteiger partial charge in [0.25, 0.3) is 5.91 Å². The summed E-state index contributed by atoms with van der Waals surface area (Å²) in [4.78, 5) is 14.5. The second kappa shape index (κ2) is 20.4. The van der Waals surface area contributed by atoms with Crippen molar-refractivity contribution in [3.05, 3.63) is 35.1 Å². The van der Waals surface area contributed by atoms with E-state index in [1.54, 1.807) is 0 Å². The summed E-state index contributed by atoms with van der Waals surface area (Å²) in [6, 6.07) is 2.95. The van der Waals surface area contributed by atoms with Crippen LogP contribution in [0.1, 0.15) is 152 Å². The van der Waals surface area contributed by atoms with Crippen LogP contribution in [0.3, 0.4) is 0 Å². The quantitative estimate of drug-likeness (QED) is 0.108. The summed E-state index contributed by atoms with van der Waals surface area (Å²) in [6.45, 7) is 5.20. The molecule has 6 heteroatoms. The molecule has 0 aliphatic carbocycles. The lowest BCUT2D eigenvalue weighted by atomic mass is 10.0. The molecule has 1 aromatic rings.